The van der Waals surface area contributed by atoms with Gasteiger partial charge in [0.1, 0.15) is 0 Å². The lowest BCUT2D eigenvalue weighted by Gasteiger charge is -2.09. The van der Waals surface area contributed by atoms with E-state index in [0.717, 1.165) is 9.56 Å². The van der Waals surface area contributed by atoms with Crippen molar-refractivity contribution in [2.24, 2.45) is 0 Å². The molecule has 0 saturated heterocycles. The molecule has 0 radical (unpaired) electrons. The smallest absolute Gasteiger partial charge is 0.437 e. The molecule has 0 aliphatic rings. The van der Waals surface area contributed by atoms with Crippen molar-refractivity contribution in [2.45, 2.75) is 19.3 Å². The predicted octanol–water partition coefficient (Wildman–Crippen LogP) is 1.74. The summed E-state index contributed by atoms with van der Waals surface area (Å²) in [5.74, 6) is -0.204. The van der Waals surface area contributed by atoms with Gasteiger partial charge in [0.15, 0.2) is 5.76 Å². The Kier molecular flexibility index (Phi) is 4.52. The molecular formula is C14H14N2O5S. The lowest BCUT2D eigenvalue weighted by molar-refractivity contribution is 0.0187. The molecule has 0 spiro atoms. The minimum atomic E-state index is -0.854. The van der Waals surface area contributed by atoms with Gasteiger partial charge in [-0.3, -0.25) is 0 Å². The van der Waals surface area contributed by atoms with E-state index in [0.29, 0.717) is 12.4 Å². The maximum absolute atomic E-state index is 11.7. The number of ether oxygens (including phenoxy) is 1. The summed E-state index contributed by atoms with van der Waals surface area (Å²) >= 11 is 1.58. The summed E-state index contributed by atoms with van der Waals surface area (Å²) in [6, 6.07) is 7.19. The SMILES string of the molecule is O=c1oc(-c2ccco2)nn1C[C@H](O)COCc1cccs1. The van der Waals surface area contributed by atoms with Crippen LogP contribution in [0.4, 0.5) is 0 Å². The Morgan fingerprint density at radius 2 is 2.32 bits per heavy atom. The van der Waals surface area contributed by atoms with E-state index in [1.165, 1.54) is 6.26 Å². The van der Waals surface area contributed by atoms with E-state index in [1.54, 1.807) is 23.5 Å². The Morgan fingerprint density at radius 1 is 1.41 bits per heavy atom. The van der Waals surface area contributed by atoms with E-state index in [4.69, 9.17) is 13.6 Å². The molecule has 3 heterocycles. The maximum atomic E-state index is 11.7. The summed E-state index contributed by atoms with van der Waals surface area (Å²) in [7, 11) is 0. The average Bonchev–Trinajstić information content (AvgIpc) is 3.21. The van der Waals surface area contributed by atoms with Crippen molar-refractivity contribution in [2.75, 3.05) is 6.61 Å². The molecule has 0 aliphatic heterocycles. The molecule has 8 heteroatoms. The van der Waals surface area contributed by atoms with Gasteiger partial charge in [0, 0.05) is 4.88 Å². The van der Waals surface area contributed by atoms with Crippen molar-refractivity contribution < 1.29 is 18.7 Å². The molecule has 0 fully saturated rings. The molecule has 0 bridgehead atoms. The molecule has 0 aliphatic carbocycles. The summed E-state index contributed by atoms with van der Waals surface area (Å²) in [4.78, 5) is 12.7. The van der Waals surface area contributed by atoms with Gasteiger partial charge in [-0.15, -0.1) is 16.4 Å². The molecule has 7 nitrogen and oxygen atoms in total. The number of aromatic nitrogens is 2. The van der Waals surface area contributed by atoms with Gasteiger partial charge in [-0.25, -0.2) is 4.79 Å². The third-order valence-electron chi connectivity index (χ3n) is 2.86. The van der Waals surface area contributed by atoms with Crippen LogP contribution < -0.4 is 5.76 Å². The molecular weight excluding hydrogens is 308 g/mol. The third-order valence-corrected chi connectivity index (χ3v) is 3.71. The first-order valence-electron chi connectivity index (χ1n) is 6.62. The lowest BCUT2D eigenvalue weighted by atomic mass is 10.4. The second kappa shape index (κ2) is 6.73. The van der Waals surface area contributed by atoms with Crippen LogP contribution in [0.2, 0.25) is 0 Å². The van der Waals surface area contributed by atoms with Crippen LogP contribution in [0.1, 0.15) is 4.88 Å². The van der Waals surface area contributed by atoms with Crippen LogP contribution in [-0.2, 0) is 17.9 Å². The number of rotatable bonds is 7. The summed E-state index contributed by atoms with van der Waals surface area (Å²) in [5.41, 5.74) is 0. The number of hydrogen-bond donors (Lipinski definition) is 1. The van der Waals surface area contributed by atoms with E-state index in [2.05, 4.69) is 5.10 Å². The first-order chi connectivity index (χ1) is 10.7. The molecule has 1 atom stereocenters. The van der Waals surface area contributed by atoms with Gasteiger partial charge in [-0.1, -0.05) is 6.07 Å². The minimum absolute atomic E-state index is 0.00647. The maximum Gasteiger partial charge on any atom is 0.437 e. The number of nitrogens with zero attached hydrogens (tertiary/aromatic N) is 2. The van der Waals surface area contributed by atoms with Crippen molar-refractivity contribution in [3.8, 4) is 11.7 Å². The largest absolute Gasteiger partial charge is 0.459 e. The molecule has 0 saturated carbocycles. The number of aliphatic hydroxyl groups is 1. The molecule has 22 heavy (non-hydrogen) atoms. The Bertz CT molecular complexity index is 745. The normalized spacial score (nSPS) is 12.6. The standard InChI is InChI=1S/C14H14N2O5S/c17-10(8-19-9-11-3-2-6-22-11)7-16-14(18)21-13(15-16)12-4-1-5-20-12/h1-6,10,17H,7-9H2/t10-/m0/s1. The van der Waals surface area contributed by atoms with E-state index >= 15 is 0 Å². The first kappa shape index (κ1) is 14.8. The Balaban J connectivity index is 1.55. The van der Waals surface area contributed by atoms with E-state index in [-0.39, 0.29) is 19.0 Å². The highest BCUT2D eigenvalue weighted by Crippen LogP contribution is 2.15. The fourth-order valence-electron chi connectivity index (χ4n) is 1.86. The van der Waals surface area contributed by atoms with E-state index in [1.807, 2.05) is 17.5 Å². The topological polar surface area (TPSA) is 90.6 Å². The molecule has 0 amide bonds. The van der Waals surface area contributed by atoms with E-state index in [9.17, 15) is 9.90 Å². The van der Waals surface area contributed by atoms with Gasteiger partial charge in [0.05, 0.1) is 32.1 Å². The Morgan fingerprint density at radius 3 is 3.05 bits per heavy atom. The zero-order valence-electron chi connectivity index (χ0n) is 11.5. The van der Waals surface area contributed by atoms with Crippen molar-refractivity contribution in [3.05, 3.63) is 51.3 Å². The van der Waals surface area contributed by atoms with Crippen LogP contribution in [0.5, 0.6) is 0 Å². The van der Waals surface area contributed by atoms with Gasteiger partial charge in [0.25, 0.3) is 5.89 Å². The number of hydrogen-bond acceptors (Lipinski definition) is 7. The molecule has 0 aromatic carbocycles. The van der Waals surface area contributed by atoms with Gasteiger partial charge >= 0.3 is 5.76 Å². The predicted molar refractivity (Wildman–Crippen MR) is 78.4 cm³/mol. The highest BCUT2D eigenvalue weighted by Gasteiger charge is 2.15. The zero-order valence-corrected chi connectivity index (χ0v) is 12.4. The zero-order chi connectivity index (χ0) is 15.4. The molecule has 3 aromatic rings. The average molecular weight is 322 g/mol. The highest BCUT2D eigenvalue weighted by atomic mass is 32.1. The second-order valence-electron chi connectivity index (χ2n) is 4.58. The summed E-state index contributed by atoms with van der Waals surface area (Å²) < 4.78 is 16.5. The van der Waals surface area contributed by atoms with Gasteiger partial charge in [-0.2, -0.15) is 4.68 Å². The van der Waals surface area contributed by atoms with Crippen LogP contribution in [-0.4, -0.2) is 27.6 Å². The molecule has 0 unspecified atom stereocenters. The number of aliphatic hydroxyl groups excluding tert-OH is 1. The van der Waals surface area contributed by atoms with Crippen molar-refractivity contribution >= 4 is 11.3 Å². The summed E-state index contributed by atoms with van der Waals surface area (Å²) in [5, 5.41) is 15.8. The monoisotopic (exact) mass is 322 g/mol. The van der Waals surface area contributed by atoms with Crippen LogP contribution >= 0.6 is 11.3 Å². The van der Waals surface area contributed by atoms with Gasteiger partial charge in [0.2, 0.25) is 0 Å². The first-order valence-corrected chi connectivity index (χ1v) is 7.50. The van der Waals surface area contributed by atoms with Gasteiger partial charge < -0.3 is 18.7 Å². The molecule has 116 valence electrons. The highest BCUT2D eigenvalue weighted by molar-refractivity contribution is 7.09. The van der Waals surface area contributed by atoms with E-state index < -0.39 is 11.9 Å². The summed E-state index contributed by atoms with van der Waals surface area (Å²) in [6.45, 7) is 0.529. The van der Waals surface area contributed by atoms with Crippen molar-refractivity contribution in [1.82, 2.24) is 9.78 Å². The van der Waals surface area contributed by atoms with Crippen LogP contribution in [0, 0.1) is 0 Å². The van der Waals surface area contributed by atoms with Crippen LogP contribution in [0.15, 0.2) is 49.5 Å². The second-order valence-corrected chi connectivity index (χ2v) is 5.61. The van der Waals surface area contributed by atoms with Gasteiger partial charge in [-0.05, 0) is 23.6 Å². The third kappa shape index (κ3) is 3.53. The van der Waals surface area contributed by atoms with Crippen LogP contribution in [0.3, 0.4) is 0 Å². The lowest BCUT2D eigenvalue weighted by Crippen LogP contribution is -2.27. The fourth-order valence-corrected chi connectivity index (χ4v) is 2.50. The molecule has 3 rings (SSSR count). The van der Waals surface area contributed by atoms with Crippen LogP contribution in [0.25, 0.3) is 11.7 Å². The number of thiophene rings is 1. The summed E-state index contributed by atoms with van der Waals surface area (Å²) in [6.07, 6.45) is 0.606. The Hall–Kier alpha value is -2.16. The number of furan rings is 1. The Labute approximate surface area is 129 Å². The molecule has 3 aromatic heterocycles. The minimum Gasteiger partial charge on any atom is -0.459 e. The van der Waals surface area contributed by atoms with Crippen molar-refractivity contribution in [3.63, 3.8) is 0 Å². The quantitative estimate of drug-likeness (QED) is 0.712. The van der Waals surface area contributed by atoms with Crippen molar-refractivity contribution in [1.29, 1.82) is 0 Å². The fraction of sp³-hybridized carbons (Fsp3) is 0.286. The molecule has 1 N–H and O–H groups in total.